The molecule has 2 N–H and O–H groups in total. The fraction of sp³-hybridized carbons (Fsp3) is 0.0769. The van der Waals surface area contributed by atoms with Gasteiger partial charge in [0, 0.05) is 12.3 Å². The number of anilines is 1. The molecule has 0 unspecified atom stereocenters. The quantitative estimate of drug-likeness (QED) is 0.871. The molecule has 0 aliphatic rings. The predicted octanol–water partition coefficient (Wildman–Crippen LogP) is 2.99. The molecule has 0 saturated carbocycles. The summed E-state index contributed by atoms with van der Waals surface area (Å²) in [7, 11) is 1.53. The van der Waals surface area contributed by atoms with Crippen molar-refractivity contribution in [2.24, 2.45) is 0 Å². The van der Waals surface area contributed by atoms with E-state index >= 15 is 0 Å². The molecule has 0 radical (unpaired) electrons. The largest absolute Gasteiger partial charge is 0.495 e. The molecule has 6 heteroatoms. The molecule has 1 aromatic heterocycles. The first-order chi connectivity index (χ1) is 9.15. The number of nitrogens with two attached hydrogens (primary N) is 1. The van der Waals surface area contributed by atoms with Crippen molar-refractivity contribution in [2.45, 2.75) is 0 Å². The predicted molar refractivity (Wildman–Crippen MR) is 71.4 cm³/mol. The Morgan fingerprint density at radius 1 is 1.37 bits per heavy atom. The lowest BCUT2D eigenvalue weighted by molar-refractivity contribution is 0.414. The van der Waals surface area contributed by atoms with Gasteiger partial charge < -0.3 is 15.2 Å². The van der Waals surface area contributed by atoms with E-state index in [-0.39, 0.29) is 10.9 Å². The van der Waals surface area contributed by atoms with Gasteiger partial charge in [-0.15, -0.1) is 0 Å². The fourth-order valence-electron chi connectivity index (χ4n) is 1.47. The van der Waals surface area contributed by atoms with Gasteiger partial charge in [-0.3, -0.25) is 0 Å². The Labute approximate surface area is 115 Å². The first-order valence-corrected chi connectivity index (χ1v) is 5.69. The molecule has 2 aromatic rings. The third-order valence-corrected chi connectivity index (χ3v) is 2.76. The second kappa shape index (κ2) is 5.46. The zero-order valence-corrected chi connectivity index (χ0v) is 10.8. The standard InChI is InChI=1S/C13H10ClN3O2/c1-18-11-3-2-9(6-10(11)16)19-13-12(14)8(7-15)4-5-17-13/h2-6H,16H2,1H3. The van der Waals surface area contributed by atoms with Crippen LogP contribution < -0.4 is 15.2 Å². The molecule has 1 heterocycles. The summed E-state index contributed by atoms with van der Waals surface area (Å²) in [5.74, 6) is 1.17. The summed E-state index contributed by atoms with van der Waals surface area (Å²) in [6.45, 7) is 0. The lowest BCUT2D eigenvalue weighted by atomic mass is 10.2. The van der Waals surface area contributed by atoms with Gasteiger partial charge in [0.05, 0.1) is 18.4 Å². The highest BCUT2D eigenvalue weighted by Crippen LogP contribution is 2.32. The number of nitrogens with zero attached hydrogens (tertiary/aromatic N) is 2. The molecule has 19 heavy (non-hydrogen) atoms. The van der Waals surface area contributed by atoms with Crippen molar-refractivity contribution in [3.8, 4) is 23.4 Å². The van der Waals surface area contributed by atoms with Crippen LogP contribution in [0.25, 0.3) is 0 Å². The minimum Gasteiger partial charge on any atom is -0.495 e. The van der Waals surface area contributed by atoms with E-state index in [0.29, 0.717) is 22.7 Å². The zero-order chi connectivity index (χ0) is 13.8. The average Bonchev–Trinajstić information content (AvgIpc) is 2.41. The first-order valence-electron chi connectivity index (χ1n) is 5.31. The van der Waals surface area contributed by atoms with E-state index in [2.05, 4.69) is 4.98 Å². The molecular formula is C13H10ClN3O2. The van der Waals surface area contributed by atoms with Gasteiger partial charge in [0.2, 0.25) is 5.88 Å². The third kappa shape index (κ3) is 2.69. The monoisotopic (exact) mass is 275 g/mol. The molecule has 0 fully saturated rings. The topological polar surface area (TPSA) is 81.2 Å². The summed E-state index contributed by atoms with van der Waals surface area (Å²) in [5.41, 5.74) is 6.51. The van der Waals surface area contributed by atoms with E-state index in [9.17, 15) is 0 Å². The Hall–Kier alpha value is -2.45. The number of benzene rings is 1. The molecule has 0 aliphatic heterocycles. The van der Waals surface area contributed by atoms with Crippen molar-refractivity contribution in [3.63, 3.8) is 0 Å². The SMILES string of the molecule is COc1ccc(Oc2nccc(C#N)c2Cl)cc1N. The molecule has 0 saturated heterocycles. The Bertz CT molecular complexity index is 653. The van der Waals surface area contributed by atoms with Crippen molar-refractivity contribution < 1.29 is 9.47 Å². The van der Waals surface area contributed by atoms with E-state index in [1.807, 2.05) is 6.07 Å². The molecule has 2 rings (SSSR count). The maximum absolute atomic E-state index is 8.87. The zero-order valence-electron chi connectivity index (χ0n) is 10.1. The van der Waals surface area contributed by atoms with Crippen LogP contribution in [0.1, 0.15) is 5.56 Å². The molecule has 0 spiro atoms. The number of hydrogen-bond acceptors (Lipinski definition) is 5. The van der Waals surface area contributed by atoms with Gasteiger partial charge in [-0.25, -0.2) is 4.98 Å². The number of nitrogen functional groups attached to an aromatic ring is 1. The lowest BCUT2D eigenvalue weighted by Crippen LogP contribution is -1.95. The van der Waals surface area contributed by atoms with Gasteiger partial charge in [-0.05, 0) is 18.2 Å². The summed E-state index contributed by atoms with van der Waals surface area (Å²) in [5, 5.41) is 9.03. The summed E-state index contributed by atoms with van der Waals surface area (Å²) in [6.07, 6.45) is 1.45. The summed E-state index contributed by atoms with van der Waals surface area (Å²) < 4.78 is 10.5. The molecular weight excluding hydrogens is 266 g/mol. The van der Waals surface area contributed by atoms with Gasteiger partial charge in [-0.2, -0.15) is 5.26 Å². The maximum Gasteiger partial charge on any atom is 0.239 e. The second-order valence-electron chi connectivity index (χ2n) is 3.60. The van der Waals surface area contributed by atoms with Crippen LogP contribution in [0.3, 0.4) is 0 Å². The van der Waals surface area contributed by atoms with E-state index < -0.39 is 0 Å². The highest BCUT2D eigenvalue weighted by atomic mass is 35.5. The molecule has 5 nitrogen and oxygen atoms in total. The van der Waals surface area contributed by atoms with Crippen LogP contribution in [0, 0.1) is 11.3 Å². The van der Waals surface area contributed by atoms with Gasteiger partial charge in [0.15, 0.2) is 0 Å². The fourth-order valence-corrected chi connectivity index (χ4v) is 1.66. The van der Waals surface area contributed by atoms with Crippen molar-refractivity contribution in [1.82, 2.24) is 4.98 Å². The van der Waals surface area contributed by atoms with Crippen LogP contribution in [0.4, 0.5) is 5.69 Å². The second-order valence-corrected chi connectivity index (χ2v) is 3.97. The van der Waals surface area contributed by atoms with Gasteiger partial charge >= 0.3 is 0 Å². The maximum atomic E-state index is 8.87. The van der Waals surface area contributed by atoms with Crippen LogP contribution in [-0.4, -0.2) is 12.1 Å². The minimum atomic E-state index is 0.158. The van der Waals surface area contributed by atoms with Crippen LogP contribution in [0.2, 0.25) is 5.02 Å². The van der Waals surface area contributed by atoms with Crippen molar-refractivity contribution >= 4 is 17.3 Å². The summed E-state index contributed by atoms with van der Waals surface area (Å²) in [4.78, 5) is 3.98. The average molecular weight is 276 g/mol. The van der Waals surface area contributed by atoms with Crippen LogP contribution in [0.5, 0.6) is 17.4 Å². The van der Waals surface area contributed by atoms with Crippen LogP contribution in [-0.2, 0) is 0 Å². The molecule has 0 aliphatic carbocycles. The van der Waals surface area contributed by atoms with Crippen molar-refractivity contribution in [2.75, 3.05) is 12.8 Å². The highest BCUT2D eigenvalue weighted by Gasteiger charge is 2.10. The van der Waals surface area contributed by atoms with Crippen LogP contribution >= 0.6 is 11.6 Å². The molecule has 1 aromatic carbocycles. The smallest absolute Gasteiger partial charge is 0.239 e. The summed E-state index contributed by atoms with van der Waals surface area (Å²) in [6, 6.07) is 8.41. The lowest BCUT2D eigenvalue weighted by Gasteiger charge is -2.09. The van der Waals surface area contributed by atoms with Gasteiger partial charge in [0.25, 0.3) is 0 Å². The number of methoxy groups -OCH3 is 1. The Morgan fingerprint density at radius 2 is 2.16 bits per heavy atom. The van der Waals surface area contributed by atoms with E-state index in [1.54, 1.807) is 18.2 Å². The minimum absolute atomic E-state index is 0.158. The number of aromatic nitrogens is 1. The number of ether oxygens (including phenoxy) is 2. The van der Waals surface area contributed by atoms with Crippen molar-refractivity contribution in [1.29, 1.82) is 5.26 Å². The highest BCUT2D eigenvalue weighted by molar-refractivity contribution is 6.33. The molecule has 0 bridgehead atoms. The van der Waals surface area contributed by atoms with Crippen LogP contribution in [0.15, 0.2) is 30.5 Å². The molecule has 96 valence electrons. The van der Waals surface area contributed by atoms with Gasteiger partial charge in [-0.1, -0.05) is 11.6 Å². The van der Waals surface area contributed by atoms with Gasteiger partial charge in [0.1, 0.15) is 22.6 Å². The Kier molecular flexibility index (Phi) is 3.74. The van der Waals surface area contributed by atoms with Crippen molar-refractivity contribution in [3.05, 3.63) is 41.0 Å². The normalized spacial score (nSPS) is 9.74. The number of rotatable bonds is 3. The Balaban J connectivity index is 2.32. The number of pyridine rings is 1. The molecule has 0 atom stereocenters. The first kappa shape index (κ1) is 13.0. The number of nitriles is 1. The third-order valence-electron chi connectivity index (χ3n) is 2.39. The molecule has 0 amide bonds. The number of hydrogen-bond donors (Lipinski definition) is 1. The number of halogens is 1. The van der Waals surface area contributed by atoms with E-state index in [1.165, 1.54) is 19.4 Å². The summed E-state index contributed by atoms with van der Waals surface area (Å²) >= 11 is 5.99. The van der Waals surface area contributed by atoms with E-state index in [0.717, 1.165) is 0 Å². The Morgan fingerprint density at radius 3 is 2.79 bits per heavy atom. The van der Waals surface area contributed by atoms with E-state index in [4.69, 9.17) is 32.1 Å².